The maximum atomic E-state index is 12.7. The van der Waals surface area contributed by atoms with Crippen molar-refractivity contribution in [3.63, 3.8) is 0 Å². The third-order valence-electron chi connectivity index (χ3n) is 12.3. The Morgan fingerprint density at radius 2 is 1.37 bits per heavy atom. The quantitative estimate of drug-likeness (QED) is 0.0572. The number of aliphatic hydroxyl groups excluding tert-OH is 11. The molecule has 18 nitrogen and oxygen atoms in total. The van der Waals surface area contributed by atoms with Crippen LogP contribution in [-0.2, 0) is 28.5 Å². The molecular weight excluding hydrogens is 720 g/mol. The zero-order chi connectivity index (χ0) is 38.8. The summed E-state index contributed by atoms with van der Waals surface area (Å²) in [6.07, 6.45) is -15.4. The number of esters is 1. The molecule has 0 aromatic heterocycles. The van der Waals surface area contributed by atoms with E-state index in [-0.39, 0.29) is 37.2 Å². The van der Waals surface area contributed by atoms with Crippen LogP contribution in [0.15, 0.2) is 12.2 Å². The second-order valence-electron chi connectivity index (χ2n) is 16.1. The maximum Gasteiger partial charge on any atom is 0.330 e. The Kier molecular flexibility index (Phi) is 14.4. The summed E-state index contributed by atoms with van der Waals surface area (Å²) in [7, 11) is 0. The largest absolute Gasteiger partial charge is 0.460 e. The van der Waals surface area contributed by atoms with Gasteiger partial charge in [-0.25, -0.2) is 4.79 Å². The minimum Gasteiger partial charge on any atom is -0.460 e. The van der Waals surface area contributed by atoms with E-state index in [1.165, 1.54) is 6.08 Å². The Balaban J connectivity index is 1.23. The predicted octanol–water partition coefficient (Wildman–Crippen LogP) is -4.02. The lowest BCUT2D eigenvalue weighted by atomic mass is 9.72. The summed E-state index contributed by atoms with van der Waals surface area (Å²) >= 11 is 0. The molecule has 6 aliphatic rings. The lowest BCUT2D eigenvalue weighted by molar-refractivity contribution is -0.387. The number of rotatable bonds is 10. The summed E-state index contributed by atoms with van der Waals surface area (Å²) in [6, 6.07) is 0. The van der Waals surface area contributed by atoms with Crippen molar-refractivity contribution in [2.75, 3.05) is 13.2 Å². The van der Waals surface area contributed by atoms with Crippen molar-refractivity contribution in [1.29, 1.82) is 0 Å². The zero-order valence-corrected chi connectivity index (χ0v) is 30.1. The fraction of sp³-hybridized carbons (Fsp3) is 0.917. The molecule has 3 aliphatic carbocycles. The topological polar surface area (TPSA) is 299 Å². The molecule has 54 heavy (non-hydrogen) atoms. The standard InChI is InChI=1S/C36H58O18/c37-13-25-28(44)30(46)32(48)35(52-25)54-34-31(47)29(45)26(14-49-27(43)8-3-15-1-5-17(38)6-2-15)53-36(34)51-24-12-19-21(41)10-18(39)11-23(19)50-33(24)16-4-7-20(40)22(42)9-16/h3,8,15-26,28-42,44-48H,1-2,4-7,9-14H2/p+1/t15?,16?,17?,18?,19?,20?,21?,22?,23?,24?,25-,26-,28-,29-,30+,31+,32-,33?,34-,35+,36-/m1/s1. The van der Waals surface area contributed by atoms with Gasteiger partial charge in [-0.3, -0.25) is 0 Å². The highest BCUT2D eigenvalue weighted by atomic mass is 16.8. The first kappa shape index (κ1) is 42.2. The number of carbonyl (C=O) groups excluding carboxylic acids is 1. The van der Waals surface area contributed by atoms with Gasteiger partial charge >= 0.3 is 5.97 Å². The van der Waals surface area contributed by atoms with E-state index in [1.807, 2.05) is 0 Å². The van der Waals surface area contributed by atoms with Crippen molar-refractivity contribution < 1.29 is 89.4 Å². The Morgan fingerprint density at radius 3 is 2.07 bits per heavy atom. The van der Waals surface area contributed by atoms with Gasteiger partial charge in [-0.1, -0.05) is 6.08 Å². The van der Waals surface area contributed by atoms with E-state index in [4.69, 9.17) is 28.4 Å². The molecule has 6 rings (SSSR count). The van der Waals surface area contributed by atoms with Gasteiger partial charge in [-0.05, 0) is 57.3 Å². The summed E-state index contributed by atoms with van der Waals surface area (Å²) in [5, 5.41) is 116. The van der Waals surface area contributed by atoms with E-state index in [0.717, 1.165) is 0 Å². The molecule has 3 saturated heterocycles. The van der Waals surface area contributed by atoms with Gasteiger partial charge in [0, 0.05) is 24.8 Å². The van der Waals surface area contributed by atoms with Gasteiger partial charge in [0.15, 0.2) is 24.8 Å². The smallest absolute Gasteiger partial charge is 0.330 e. The van der Waals surface area contributed by atoms with Crippen LogP contribution in [0, 0.1) is 17.8 Å². The highest BCUT2D eigenvalue weighted by Gasteiger charge is 2.56. The van der Waals surface area contributed by atoms with Crippen molar-refractivity contribution in [2.45, 2.75) is 174 Å². The van der Waals surface area contributed by atoms with Crippen molar-refractivity contribution in [3.8, 4) is 0 Å². The number of aliphatic hydroxyl groups is 13. The molecule has 9 unspecified atom stereocenters. The molecule has 3 aliphatic heterocycles. The fourth-order valence-electron chi connectivity index (χ4n) is 9.03. The highest BCUT2D eigenvalue weighted by molar-refractivity contribution is 5.81. The zero-order valence-electron chi connectivity index (χ0n) is 30.1. The molecule has 0 aromatic rings. The Labute approximate surface area is 312 Å². The summed E-state index contributed by atoms with van der Waals surface area (Å²) in [4.78, 5) is 12.7. The molecular formula is C36H59O18+. The molecule has 0 aromatic carbocycles. The third-order valence-corrected chi connectivity index (χ3v) is 12.3. The van der Waals surface area contributed by atoms with E-state index in [0.29, 0.717) is 44.9 Å². The van der Waals surface area contributed by atoms with E-state index in [2.05, 4.69) is 0 Å². The van der Waals surface area contributed by atoms with Crippen LogP contribution in [0.4, 0.5) is 0 Å². The van der Waals surface area contributed by atoms with Crippen molar-refractivity contribution in [3.05, 3.63) is 12.2 Å². The van der Waals surface area contributed by atoms with E-state index >= 15 is 0 Å². The van der Waals surface area contributed by atoms with E-state index in [9.17, 15) is 61.0 Å². The molecule has 0 bridgehead atoms. The molecule has 19 atom stereocenters. The fourth-order valence-corrected chi connectivity index (χ4v) is 9.03. The van der Waals surface area contributed by atoms with Crippen LogP contribution in [0.1, 0.15) is 64.2 Å². The van der Waals surface area contributed by atoms with Gasteiger partial charge in [0.05, 0.1) is 43.0 Å². The summed E-state index contributed by atoms with van der Waals surface area (Å²) in [5.74, 6) is -1.38. The lowest BCUT2D eigenvalue weighted by Crippen LogP contribution is -2.66. The molecule has 0 radical (unpaired) electrons. The van der Waals surface area contributed by atoms with Crippen LogP contribution < -0.4 is 0 Å². The van der Waals surface area contributed by atoms with Crippen LogP contribution >= 0.6 is 0 Å². The average molecular weight is 780 g/mol. The number of ether oxygens (including phenoxy) is 6. The third kappa shape index (κ3) is 9.63. The Hall–Kier alpha value is -1.43. The van der Waals surface area contributed by atoms with Gasteiger partial charge in [0.2, 0.25) is 0 Å². The molecule has 3 heterocycles. The molecule has 18 heteroatoms. The lowest BCUT2D eigenvalue weighted by Gasteiger charge is -2.49. The first-order chi connectivity index (χ1) is 25.7. The summed E-state index contributed by atoms with van der Waals surface area (Å²) < 4.78 is 34.6. The van der Waals surface area contributed by atoms with E-state index in [1.54, 1.807) is 6.08 Å². The predicted molar refractivity (Wildman–Crippen MR) is 181 cm³/mol. The molecule has 3 saturated carbocycles. The average Bonchev–Trinajstić information content (AvgIpc) is 3.14. The van der Waals surface area contributed by atoms with Crippen LogP contribution in [0.3, 0.4) is 0 Å². The number of hydrogen-bond donors (Lipinski definition) is 11. The first-order valence-corrected chi connectivity index (χ1v) is 19.3. The van der Waals surface area contributed by atoms with Gasteiger partial charge in [-0.2, -0.15) is 0 Å². The second kappa shape index (κ2) is 18.4. The summed E-state index contributed by atoms with van der Waals surface area (Å²) in [5.41, 5.74) is 0. The number of hydrogen-bond acceptors (Lipinski definition) is 17. The molecule has 12 N–H and O–H groups in total. The van der Waals surface area contributed by atoms with Crippen LogP contribution in [-0.4, -0.2) is 190 Å². The monoisotopic (exact) mass is 779 g/mol. The molecule has 6 fully saturated rings. The van der Waals surface area contributed by atoms with Crippen molar-refractivity contribution in [2.24, 2.45) is 17.8 Å². The number of allylic oxidation sites excluding steroid dienone is 1. The van der Waals surface area contributed by atoms with Gasteiger partial charge in [-0.15, -0.1) is 0 Å². The van der Waals surface area contributed by atoms with Crippen molar-refractivity contribution >= 4 is 5.97 Å². The first-order valence-electron chi connectivity index (χ1n) is 19.3. The molecule has 0 amide bonds. The maximum absolute atomic E-state index is 12.7. The minimum absolute atomic E-state index is 0.0883. The van der Waals surface area contributed by atoms with Crippen LogP contribution in [0.2, 0.25) is 0 Å². The number of fused-ring (bicyclic) bond motifs is 1. The number of carbonyl (C=O) groups is 1. The second-order valence-corrected chi connectivity index (χ2v) is 16.1. The van der Waals surface area contributed by atoms with E-state index < -0.39 is 129 Å². The van der Waals surface area contributed by atoms with Gasteiger partial charge in [0.25, 0.3) is 0 Å². The molecule has 0 spiro atoms. The van der Waals surface area contributed by atoms with Gasteiger partial charge in [0.1, 0.15) is 61.5 Å². The van der Waals surface area contributed by atoms with Crippen LogP contribution in [0.5, 0.6) is 0 Å². The highest BCUT2D eigenvalue weighted by Crippen LogP contribution is 2.42. The SMILES string of the molecule is O=C(C=CC1CCC(O)CC1)OC[C@H]1O[C@@H](OC2CC3C(O)CC(O)CC3[OH+]C2C2CCC(O)C(O)C2)[C@H](O[C@@H]2O[C@H](CO)[C@@H](O)[C@H](O)[C@H]2O)[C@@H](O)[C@@H]1O. The molecule has 310 valence electrons. The van der Waals surface area contributed by atoms with Gasteiger partial charge < -0.3 is 84.6 Å². The Bertz CT molecular complexity index is 1230. The Morgan fingerprint density at radius 1 is 0.667 bits per heavy atom. The summed E-state index contributed by atoms with van der Waals surface area (Å²) in [6.45, 7) is -1.28. The minimum atomic E-state index is -1.87. The van der Waals surface area contributed by atoms with Crippen LogP contribution in [0.25, 0.3) is 0 Å². The normalized spacial score (nSPS) is 50.4. The van der Waals surface area contributed by atoms with Crippen molar-refractivity contribution in [1.82, 2.24) is 0 Å².